The van der Waals surface area contributed by atoms with E-state index < -0.39 is 0 Å². The first-order valence-corrected chi connectivity index (χ1v) is 9.53. The zero-order valence-corrected chi connectivity index (χ0v) is 16.9. The molecule has 0 aromatic heterocycles. The molecule has 0 atom stereocenters. The summed E-state index contributed by atoms with van der Waals surface area (Å²) in [6, 6.07) is 21.3. The number of amides is 3. The molecule has 30 heavy (non-hydrogen) atoms. The number of benzene rings is 3. The number of hydrogen-bond acceptors (Lipinski definition) is 3. The van der Waals surface area contributed by atoms with Crippen LogP contribution in [0.15, 0.2) is 72.8 Å². The van der Waals surface area contributed by atoms with Crippen molar-refractivity contribution in [2.45, 2.75) is 20.4 Å². The van der Waals surface area contributed by atoms with Crippen LogP contribution in [0.25, 0.3) is 0 Å². The van der Waals surface area contributed by atoms with Gasteiger partial charge in [0.15, 0.2) is 0 Å². The molecule has 0 unspecified atom stereocenters. The van der Waals surface area contributed by atoms with Gasteiger partial charge in [0.1, 0.15) is 0 Å². The molecule has 3 amide bonds. The molecule has 152 valence electrons. The summed E-state index contributed by atoms with van der Waals surface area (Å²) in [4.78, 5) is 35.8. The van der Waals surface area contributed by atoms with E-state index in [0.717, 1.165) is 11.1 Å². The predicted molar refractivity (Wildman–Crippen MR) is 117 cm³/mol. The fraction of sp³-hybridized carbons (Fsp3) is 0.125. The molecule has 0 spiro atoms. The standard InChI is InChI=1S/C24H23N3O3/c1-16-6-8-20(9-7-16)24(30)27-22-5-3-4-18(14-22)15-25-23(29)19-10-12-21(13-11-19)26-17(2)28/h3-14H,15H2,1-2H3,(H,25,29)(H,26,28)(H,27,30). The van der Waals surface area contributed by atoms with Crippen LogP contribution >= 0.6 is 0 Å². The van der Waals surface area contributed by atoms with E-state index >= 15 is 0 Å². The number of nitrogens with one attached hydrogen (secondary N) is 3. The van der Waals surface area contributed by atoms with Gasteiger partial charge in [0, 0.05) is 36.0 Å². The quantitative estimate of drug-likeness (QED) is 0.580. The van der Waals surface area contributed by atoms with E-state index in [1.807, 2.05) is 37.3 Å². The van der Waals surface area contributed by atoms with Gasteiger partial charge < -0.3 is 16.0 Å². The van der Waals surface area contributed by atoms with Crippen molar-refractivity contribution >= 4 is 29.1 Å². The van der Waals surface area contributed by atoms with Gasteiger partial charge in [-0.05, 0) is 61.0 Å². The summed E-state index contributed by atoms with van der Waals surface area (Å²) < 4.78 is 0. The Bertz CT molecular complexity index is 1060. The summed E-state index contributed by atoms with van der Waals surface area (Å²) in [5.41, 5.74) is 4.33. The van der Waals surface area contributed by atoms with Gasteiger partial charge in [0.05, 0.1) is 0 Å². The maximum Gasteiger partial charge on any atom is 0.255 e. The Kier molecular flexibility index (Phi) is 6.60. The average Bonchev–Trinajstić information content (AvgIpc) is 2.73. The lowest BCUT2D eigenvalue weighted by atomic mass is 10.1. The number of anilines is 2. The largest absolute Gasteiger partial charge is 0.348 e. The second-order valence-corrected chi connectivity index (χ2v) is 6.96. The first-order chi connectivity index (χ1) is 14.4. The van der Waals surface area contributed by atoms with Crippen molar-refractivity contribution in [2.75, 3.05) is 10.6 Å². The number of hydrogen-bond donors (Lipinski definition) is 3. The van der Waals surface area contributed by atoms with Crippen LogP contribution in [-0.4, -0.2) is 17.7 Å². The highest BCUT2D eigenvalue weighted by Gasteiger charge is 2.08. The fourth-order valence-electron chi connectivity index (χ4n) is 2.86. The minimum absolute atomic E-state index is 0.165. The van der Waals surface area contributed by atoms with E-state index in [0.29, 0.717) is 29.0 Å². The SMILES string of the molecule is CC(=O)Nc1ccc(C(=O)NCc2cccc(NC(=O)c3ccc(C)cc3)c2)cc1. The minimum atomic E-state index is -0.224. The number of carbonyl (C=O) groups is 3. The van der Waals surface area contributed by atoms with Crippen molar-refractivity contribution in [3.63, 3.8) is 0 Å². The summed E-state index contributed by atoms with van der Waals surface area (Å²) in [5, 5.41) is 8.39. The van der Waals surface area contributed by atoms with Crippen LogP contribution in [-0.2, 0) is 11.3 Å². The summed E-state index contributed by atoms with van der Waals surface area (Å²) in [7, 11) is 0. The molecule has 0 aliphatic rings. The van der Waals surface area contributed by atoms with Crippen molar-refractivity contribution in [1.82, 2.24) is 5.32 Å². The number of aryl methyl sites for hydroxylation is 1. The third kappa shape index (κ3) is 5.78. The van der Waals surface area contributed by atoms with Crippen LogP contribution in [0, 0.1) is 6.92 Å². The van der Waals surface area contributed by atoms with Gasteiger partial charge in [0.25, 0.3) is 11.8 Å². The Hall–Kier alpha value is -3.93. The molecule has 0 heterocycles. The Morgan fingerprint density at radius 3 is 2.03 bits per heavy atom. The van der Waals surface area contributed by atoms with Gasteiger partial charge >= 0.3 is 0 Å². The smallest absolute Gasteiger partial charge is 0.255 e. The molecule has 0 fully saturated rings. The molecule has 0 aliphatic heterocycles. The van der Waals surface area contributed by atoms with Crippen LogP contribution in [0.2, 0.25) is 0 Å². The van der Waals surface area contributed by atoms with Crippen LogP contribution in [0.5, 0.6) is 0 Å². The van der Waals surface area contributed by atoms with Crippen molar-refractivity contribution in [2.24, 2.45) is 0 Å². The Balaban J connectivity index is 1.58. The van der Waals surface area contributed by atoms with Gasteiger partial charge in [-0.2, -0.15) is 0 Å². The molecule has 3 N–H and O–H groups in total. The highest BCUT2D eigenvalue weighted by molar-refractivity contribution is 6.04. The molecular weight excluding hydrogens is 378 g/mol. The molecule has 6 heteroatoms. The lowest BCUT2D eigenvalue weighted by molar-refractivity contribution is -0.114. The van der Waals surface area contributed by atoms with Gasteiger partial charge in [0.2, 0.25) is 5.91 Å². The van der Waals surface area contributed by atoms with Crippen molar-refractivity contribution < 1.29 is 14.4 Å². The predicted octanol–water partition coefficient (Wildman–Crippen LogP) is 4.14. The van der Waals surface area contributed by atoms with Crippen LogP contribution in [0.1, 0.15) is 38.8 Å². The first kappa shape index (κ1) is 20.8. The molecule has 0 aliphatic carbocycles. The zero-order valence-electron chi connectivity index (χ0n) is 16.9. The average molecular weight is 401 g/mol. The maximum atomic E-state index is 12.4. The third-order valence-corrected chi connectivity index (χ3v) is 4.42. The molecule has 0 saturated carbocycles. The molecule has 0 saturated heterocycles. The molecular formula is C24H23N3O3. The monoisotopic (exact) mass is 401 g/mol. The molecule has 3 aromatic carbocycles. The highest BCUT2D eigenvalue weighted by Crippen LogP contribution is 2.14. The van der Waals surface area contributed by atoms with Crippen molar-refractivity contribution in [3.8, 4) is 0 Å². The van der Waals surface area contributed by atoms with Gasteiger partial charge in [-0.25, -0.2) is 0 Å². The van der Waals surface area contributed by atoms with E-state index in [1.54, 1.807) is 42.5 Å². The van der Waals surface area contributed by atoms with E-state index in [1.165, 1.54) is 6.92 Å². The number of carbonyl (C=O) groups excluding carboxylic acids is 3. The van der Waals surface area contributed by atoms with Crippen molar-refractivity contribution in [3.05, 3.63) is 95.1 Å². The number of rotatable bonds is 6. The Labute approximate surface area is 175 Å². The van der Waals surface area contributed by atoms with Crippen molar-refractivity contribution in [1.29, 1.82) is 0 Å². The fourth-order valence-corrected chi connectivity index (χ4v) is 2.86. The van der Waals surface area contributed by atoms with E-state index in [2.05, 4.69) is 16.0 Å². The molecule has 0 bridgehead atoms. The zero-order chi connectivity index (χ0) is 21.5. The van der Waals surface area contributed by atoms with Crippen LogP contribution in [0.3, 0.4) is 0 Å². The minimum Gasteiger partial charge on any atom is -0.348 e. The van der Waals surface area contributed by atoms with E-state index in [4.69, 9.17) is 0 Å². The third-order valence-electron chi connectivity index (χ3n) is 4.42. The summed E-state index contributed by atoms with van der Waals surface area (Å²) in [5.74, 6) is -0.574. The second-order valence-electron chi connectivity index (χ2n) is 6.96. The van der Waals surface area contributed by atoms with E-state index in [-0.39, 0.29) is 17.7 Å². The second kappa shape index (κ2) is 9.52. The van der Waals surface area contributed by atoms with Crippen LogP contribution < -0.4 is 16.0 Å². The maximum absolute atomic E-state index is 12.4. The lowest BCUT2D eigenvalue weighted by Crippen LogP contribution is -2.23. The van der Waals surface area contributed by atoms with Gasteiger partial charge in [-0.3, -0.25) is 14.4 Å². The molecule has 3 aromatic rings. The molecule has 6 nitrogen and oxygen atoms in total. The topological polar surface area (TPSA) is 87.3 Å². The van der Waals surface area contributed by atoms with E-state index in [9.17, 15) is 14.4 Å². The Morgan fingerprint density at radius 1 is 0.733 bits per heavy atom. The molecule has 3 rings (SSSR count). The normalized spacial score (nSPS) is 10.2. The lowest BCUT2D eigenvalue weighted by Gasteiger charge is -2.09. The van der Waals surface area contributed by atoms with Gasteiger partial charge in [-0.1, -0.05) is 29.8 Å². The first-order valence-electron chi connectivity index (χ1n) is 9.53. The summed E-state index contributed by atoms with van der Waals surface area (Å²) in [6.07, 6.45) is 0. The highest BCUT2D eigenvalue weighted by atomic mass is 16.2. The summed E-state index contributed by atoms with van der Waals surface area (Å²) in [6.45, 7) is 3.72. The Morgan fingerprint density at radius 2 is 1.37 bits per heavy atom. The van der Waals surface area contributed by atoms with Gasteiger partial charge in [-0.15, -0.1) is 0 Å². The molecule has 0 radical (unpaired) electrons. The van der Waals surface area contributed by atoms with Crippen LogP contribution in [0.4, 0.5) is 11.4 Å². The summed E-state index contributed by atoms with van der Waals surface area (Å²) >= 11 is 0.